The lowest BCUT2D eigenvalue weighted by molar-refractivity contribution is -0.145. The van der Waals surface area contributed by atoms with E-state index >= 15 is 0 Å². The Morgan fingerprint density at radius 1 is 1.19 bits per heavy atom. The van der Waals surface area contributed by atoms with Crippen molar-refractivity contribution >= 4 is 12.0 Å². The topological polar surface area (TPSA) is 90.9 Å². The number of rotatable bonds is 8. The fourth-order valence-corrected chi connectivity index (χ4v) is 2.40. The lowest BCUT2D eigenvalue weighted by Gasteiger charge is -2.33. The highest BCUT2D eigenvalue weighted by Gasteiger charge is 2.40. The number of urea groups is 1. The molecule has 7 heteroatoms. The van der Waals surface area contributed by atoms with Crippen molar-refractivity contribution in [2.75, 3.05) is 40.4 Å². The second-order valence-electron chi connectivity index (χ2n) is 5.74. The van der Waals surface area contributed by atoms with Gasteiger partial charge < -0.3 is 25.4 Å². The SMILES string of the molecule is CN(C)CCOCCNC(=O)NC1(C(=O)O)CCCCC1. The first-order valence-electron chi connectivity index (χ1n) is 7.48. The number of hydrogen-bond donors (Lipinski definition) is 3. The molecule has 0 aromatic rings. The molecule has 0 atom stereocenters. The van der Waals surface area contributed by atoms with Crippen LogP contribution >= 0.6 is 0 Å². The molecule has 1 aliphatic rings. The van der Waals surface area contributed by atoms with Gasteiger partial charge in [-0.05, 0) is 26.9 Å². The predicted molar refractivity (Wildman–Crippen MR) is 79.4 cm³/mol. The van der Waals surface area contributed by atoms with Crippen molar-refractivity contribution in [2.24, 2.45) is 0 Å². The summed E-state index contributed by atoms with van der Waals surface area (Å²) in [6.07, 6.45) is 3.68. The van der Waals surface area contributed by atoms with Crippen LogP contribution in [-0.4, -0.2) is 67.9 Å². The zero-order valence-corrected chi connectivity index (χ0v) is 13.0. The van der Waals surface area contributed by atoms with Gasteiger partial charge >= 0.3 is 12.0 Å². The van der Waals surface area contributed by atoms with Crippen LogP contribution in [0.5, 0.6) is 0 Å². The van der Waals surface area contributed by atoms with E-state index < -0.39 is 17.5 Å². The highest BCUT2D eigenvalue weighted by Crippen LogP contribution is 2.28. The van der Waals surface area contributed by atoms with Crippen LogP contribution in [0.15, 0.2) is 0 Å². The van der Waals surface area contributed by atoms with Crippen LogP contribution in [-0.2, 0) is 9.53 Å². The number of nitrogens with zero attached hydrogens (tertiary/aromatic N) is 1. The van der Waals surface area contributed by atoms with E-state index in [1.165, 1.54) is 0 Å². The van der Waals surface area contributed by atoms with Crippen molar-refractivity contribution in [3.05, 3.63) is 0 Å². The number of carbonyl (C=O) groups excluding carboxylic acids is 1. The van der Waals surface area contributed by atoms with E-state index in [0.29, 0.717) is 32.6 Å². The molecule has 3 N–H and O–H groups in total. The molecule has 1 rings (SSSR count). The summed E-state index contributed by atoms with van der Waals surface area (Å²) >= 11 is 0. The van der Waals surface area contributed by atoms with Gasteiger partial charge in [0, 0.05) is 13.1 Å². The van der Waals surface area contributed by atoms with E-state index in [-0.39, 0.29) is 0 Å². The number of amides is 2. The second kappa shape index (κ2) is 8.84. The van der Waals surface area contributed by atoms with E-state index in [2.05, 4.69) is 10.6 Å². The molecular formula is C14H27N3O4. The van der Waals surface area contributed by atoms with Gasteiger partial charge in [-0.15, -0.1) is 0 Å². The quantitative estimate of drug-likeness (QED) is 0.573. The third-order valence-corrected chi connectivity index (χ3v) is 3.68. The van der Waals surface area contributed by atoms with Gasteiger partial charge in [0.2, 0.25) is 0 Å². The molecule has 0 aromatic heterocycles. The first-order valence-corrected chi connectivity index (χ1v) is 7.48. The molecule has 0 bridgehead atoms. The number of carboxylic acids is 1. The normalized spacial score (nSPS) is 17.5. The molecule has 1 aliphatic carbocycles. The zero-order valence-electron chi connectivity index (χ0n) is 13.0. The minimum absolute atomic E-state index is 0.370. The summed E-state index contributed by atoms with van der Waals surface area (Å²) in [5, 5.41) is 14.6. The van der Waals surface area contributed by atoms with E-state index in [1.807, 2.05) is 19.0 Å². The van der Waals surface area contributed by atoms with Gasteiger partial charge in [0.25, 0.3) is 0 Å². The molecule has 0 aromatic carbocycles. The molecule has 2 amide bonds. The molecule has 21 heavy (non-hydrogen) atoms. The summed E-state index contributed by atoms with van der Waals surface area (Å²) in [7, 11) is 3.93. The summed E-state index contributed by atoms with van der Waals surface area (Å²) in [6.45, 7) is 2.22. The van der Waals surface area contributed by atoms with Crippen molar-refractivity contribution < 1.29 is 19.4 Å². The molecule has 122 valence electrons. The Hall–Kier alpha value is -1.34. The predicted octanol–water partition coefficient (Wildman–Crippen LogP) is 0.651. The maximum absolute atomic E-state index is 11.8. The highest BCUT2D eigenvalue weighted by atomic mass is 16.5. The van der Waals surface area contributed by atoms with Crippen LogP contribution in [0, 0.1) is 0 Å². The van der Waals surface area contributed by atoms with Crippen LogP contribution in [0.25, 0.3) is 0 Å². The van der Waals surface area contributed by atoms with Crippen LogP contribution in [0.2, 0.25) is 0 Å². The molecule has 0 radical (unpaired) electrons. The molecule has 1 fully saturated rings. The van der Waals surface area contributed by atoms with Crippen molar-refractivity contribution in [2.45, 2.75) is 37.6 Å². The minimum atomic E-state index is -1.10. The van der Waals surface area contributed by atoms with Gasteiger partial charge in [-0.3, -0.25) is 0 Å². The van der Waals surface area contributed by atoms with Gasteiger partial charge in [-0.25, -0.2) is 9.59 Å². The van der Waals surface area contributed by atoms with Crippen molar-refractivity contribution in [1.29, 1.82) is 0 Å². The van der Waals surface area contributed by atoms with Crippen LogP contribution < -0.4 is 10.6 Å². The fourth-order valence-electron chi connectivity index (χ4n) is 2.40. The molecule has 0 heterocycles. The summed E-state index contributed by atoms with van der Waals surface area (Å²) < 4.78 is 5.36. The third kappa shape index (κ3) is 6.31. The summed E-state index contributed by atoms with van der Waals surface area (Å²) in [6, 6.07) is -0.435. The first-order chi connectivity index (χ1) is 9.96. The number of carbonyl (C=O) groups is 2. The maximum Gasteiger partial charge on any atom is 0.329 e. The van der Waals surface area contributed by atoms with Crippen LogP contribution in [0.3, 0.4) is 0 Å². The second-order valence-corrected chi connectivity index (χ2v) is 5.74. The van der Waals surface area contributed by atoms with Crippen LogP contribution in [0.4, 0.5) is 4.79 Å². The standard InChI is InChI=1S/C14H27N3O4/c1-17(2)9-11-21-10-8-15-13(20)16-14(12(18)19)6-4-3-5-7-14/h3-11H2,1-2H3,(H,18,19)(H2,15,16,20). The fraction of sp³-hybridized carbons (Fsp3) is 0.857. The first kappa shape index (κ1) is 17.7. The lowest BCUT2D eigenvalue weighted by atomic mass is 9.82. The maximum atomic E-state index is 11.8. The largest absolute Gasteiger partial charge is 0.480 e. The highest BCUT2D eigenvalue weighted by molar-refractivity contribution is 5.86. The Morgan fingerprint density at radius 3 is 2.43 bits per heavy atom. The number of likely N-dealkylation sites (N-methyl/N-ethyl adjacent to an activating group) is 1. The molecule has 0 unspecified atom stereocenters. The molecule has 1 saturated carbocycles. The van der Waals surface area contributed by atoms with Crippen molar-refractivity contribution in [3.63, 3.8) is 0 Å². The number of carboxylic acid groups (broad SMARTS) is 1. The van der Waals surface area contributed by atoms with Crippen molar-refractivity contribution in [3.8, 4) is 0 Å². The van der Waals surface area contributed by atoms with Gasteiger partial charge in [-0.2, -0.15) is 0 Å². The number of ether oxygens (including phenoxy) is 1. The average Bonchev–Trinajstić information content (AvgIpc) is 2.43. The summed E-state index contributed by atoms with van der Waals surface area (Å²) in [4.78, 5) is 25.2. The minimum Gasteiger partial charge on any atom is -0.480 e. The van der Waals surface area contributed by atoms with Crippen LogP contribution in [0.1, 0.15) is 32.1 Å². The molecule has 0 aliphatic heterocycles. The van der Waals surface area contributed by atoms with Gasteiger partial charge in [0.05, 0.1) is 13.2 Å². The van der Waals surface area contributed by atoms with E-state index in [4.69, 9.17) is 4.74 Å². The lowest BCUT2D eigenvalue weighted by Crippen LogP contribution is -2.58. The smallest absolute Gasteiger partial charge is 0.329 e. The van der Waals surface area contributed by atoms with E-state index in [9.17, 15) is 14.7 Å². The van der Waals surface area contributed by atoms with E-state index in [0.717, 1.165) is 25.8 Å². The summed E-state index contributed by atoms with van der Waals surface area (Å²) in [5.74, 6) is -0.945. The molecule has 0 saturated heterocycles. The zero-order chi connectivity index (χ0) is 15.7. The Labute approximate surface area is 126 Å². The molecular weight excluding hydrogens is 274 g/mol. The monoisotopic (exact) mass is 301 g/mol. The molecule has 0 spiro atoms. The Kier molecular flexibility index (Phi) is 7.45. The summed E-state index contributed by atoms with van der Waals surface area (Å²) in [5.41, 5.74) is -1.10. The Balaban J connectivity index is 2.24. The third-order valence-electron chi connectivity index (χ3n) is 3.68. The number of nitrogens with one attached hydrogen (secondary N) is 2. The Morgan fingerprint density at radius 2 is 1.86 bits per heavy atom. The van der Waals surface area contributed by atoms with Gasteiger partial charge in [0.15, 0.2) is 0 Å². The van der Waals surface area contributed by atoms with Crippen molar-refractivity contribution in [1.82, 2.24) is 15.5 Å². The average molecular weight is 301 g/mol. The van der Waals surface area contributed by atoms with Gasteiger partial charge in [-0.1, -0.05) is 19.3 Å². The number of hydrogen-bond acceptors (Lipinski definition) is 4. The Bertz CT molecular complexity index is 341. The number of aliphatic carboxylic acids is 1. The van der Waals surface area contributed by atoms with Gasteiger partial charge in [0.1, 0.15) is 5.54 Å². The van der Waals surface area contributed by atoms with E-state index in [1.54, 1.807) is 0 Å². The molecule has 7 nitrogen and oxygen atoms in total.